The average Bonchev–Trinajstić information content (AvgIpc) is 2.77. The highest BCUT2D eigenvalue weighted by Gasteiger charge is 2.31. The fourth-order valence-corrected chi connectivity index (χ4v) is 3.40. The van der Waals surface area contributed by atoms with E-state index in [1.54, 1.807) is 25.2 Å². The minimum atomic E-state index is -3.73. The molecule has 1 amide bonds. The van der Waals surface area contributed by atoms with Crippen LogP contribution in [-0.2, 0) is 19.6 Å². The Morgan fingerprint density at radius 2 is 1.87 bits per heavy atom. The summed E-state index contributed by atoms with van der Waals surface area (Å²) in [6, 6.07) is 6.41. The molecule has 23 heavy (non-hydrogen) atoms. The second-order valence-electron chi connectivity index (χ2n) is 5.20. The molecule has 1 aromatic carbocycles. The minimum Gasteiger partial charge on any atom is -0.481 e. The quantitative estimate of drug-likeness (QED) is 0.809. The van der Waals surface area contributed by atoms with Crippen molar-refractivity contribution in [2.75, 3.05) is 27.2 Å². The van der Waals surface area contributed by atoms with Gasteiger partial charge in [0.05, 0.1) is 13.0 Å². The first-order chi connectivity index (χ1) is 10.7. The van der Waals surface area contributed by atoms with E-state index in [0.29, 0.717) is 5.56 Å². The van der Waals surface area contributed by atoms with Crippen LogP contribution in [0.15, 0.2) is 33.6 Å². The number of hydrogen-bond acceptors (Lipinski definition) is 5. The molecule has 8 nitrogen and oxygen atoms in total. The molecule has 0 saturated heterocycles. The molecule has 1 aliphatic heterocycles. The molecule has 1 N–H and O–H groups in total. The average molecular weight is 339 g/mol. The van der Waals surface area contributed by atoms with E-state index >= 15 is 0 Å². The molecule has 124 valence electrons. The summed E-state index contributed by atoms with van der Waals surface area (Å²) in [5.74, 6) is -1.10. The third-order valence-corrected chi connectivity index (χ3v) is 4.76. The van der Waals surface area contributed by atoms with Crippen LogP contribution in [0.1, 0.15) is 12.0 Å². The molecule has 0 aliphatic carbocycles. The molecule has 1 aromatic rings. The lowest BCUT2D eigenvalue weighted by atomic mass is 10.2. The van der Waals surface area contributed by atoms with Gasteiger partial charge in [-0.15, -0.1) is 4.40 Å². The van der Waals surface area contributed by atoms with Gasteiger partial charge in [-0.1, -0.05) is 12.1 Å². The van der Waals surface area contributed by atoms with Crippen LogP contribution in [0, 0.1) is 0 Å². The van der Waals surface area contributed by atoms with Gasteiger partial charge in [-0.2, -0.15) is 8.42 Å². The van der Waals surface area contributed by atoms with Gasteiger partial charge >= 0.3 is 5.97 Å². The summed E-state index contributed by atoms with van der Waals surface area (Å²) in [6.45, 7) is -0.0117. The highest BCUT2D eigenvalue weighted by molar-refractivity contribution is 7.90. The number of carbonyl (C=O) groups excluding carboxylic acids is 1. The molecule has 2 rings (SSSR count). The molecule has 9 heteroatoms. The fourth-order valence-electron chi connectivity index (χ4n) is 2.15. The Morgan fingerprint density at radius 3 is 2.52 bits per heavy atom. The number of hydrogen-bond donors (Lipinski definition) is 1. The van der Waals surface area contributed by atoms with Gasteiger partial charge in [0.15, 0.2) is 5.84 Å². The number of amidine groups is 1. The number of aliphatic carboxylic acids is 1. The van der Waals surface area contributed by atoms with E-state index in [0.717, 1.165) is 0 Å². The Morgan fingerprint density at radius 1 is 1.22 bits per heavy atom. The molecule has 0 atom stereocenters. The molecule has 0 bridgehead atoms. The lowest BCUT2D eigenvalue weighted by Gasteiger charge is -2.22. The Hall–Kier alpha value is -2.42. The van der Waals surface area contributed by atoms with Crippen LogP contribution in [0.5, 0.6) is 0 Å². The molecule has 0 spiro atoms. The van der Waals surface area contributed by atoms with Crippen molar-refractivity contribution in [3.63, 3.8) is 0 Å². The lowest BCUT2D eigenvalue weighted by molar-refractivity contribution is -0.138. The number of nitrogens with zero attached hydrogens (tertiary/aromatic N) is 3. The zero-order chi connectivity index (χ0) is 17.2. The van der Waals surface area contributed by atoms with Gasteiger partial charge in [-0.3, -0.25) is 9.59 Å². The molecule has 1 aliphatic rings. The van der Waals surface area contributed by atoms with E-state index in [1.165, 1.54) is 22.9 Å². The third kappa shape index (κ3) is 3.67. The zero-order valence-electron chi connectivity index (χ0n) is 12.8. The summed E-state index contributed by atoms with van der Waals surface area (Å²) in [7, 11) is -0.665. The van der Waals surface area contributed by atoms with Gasteiger partial charge in [0.1, 0.15) is 4.90 Å². The van der Waals surface area contributed by atoms with Gasteiger partial charge in [0.2, 0.25) is 5.91 Å². The summed E-state index contributed by atoms with van der Waals surface area (Å²) in [5.41, 5.74) is 0.455. The van der Waals surface area contributed by atoms with Crippen molar-refractivity contribution < 1.29 is 23.1 Å². The van der Waals surface area contributed by atoms with Crippen LogP contribution in [-0.4, -0.2) is 68.2 Å². The maximum absolute atomic E-state index is 12.1. The highest BCUT2D eigenvalue weighted by Crippen LogP contribution is 2.26. The van der Waals surface area contributed by atoms with Crippen molar-refractivity contribution in [1.29, 1.82) is 0 Å². The highest BCUT2D eigenvalue weighted by atomic mass is 32.2. The number of benzene rings is 1. The predicted molar refractivity (Wildman–Crippen MR) is 82.7 cm³/mol. The third-order valence-electron chi connectivity index (χ3n) is 3.43. The van der Waals surface area contributed by atoms with Crippen molar-refractivity contribution in [2.24, 2.45) is 4.40 Å². The van der Waals surface area contributed by atoms with Crippen molar-refractivity contribution in [3.05, 3.63) is 29.8 Å². The Labute approximate surface area is 134 Å². The number of carboxylic acid groups (broad SMARTS) is 1. The molecule has 0 saturated carbocycles. The number of sulfonamides is 1. The van der Waals surface area contributed by atoms with Gasteiger partial charge in [-0.05, 0) is 12.1 Å². The second-order valence-corrected chi connectivity index (χ2v) is 6.77. The SMILES string of the molecule is CN(CCC(=O)O)C(=O)CN(C)C1=NS(=O)(=O)c2ccccc21. The van der Waals surface area contributed by atoms with E-state index in [1.807, 2.05) is 0 Å². The fraction of sp³-hybridized carbons (Fsp3) is 0.357. The Kier molecular flexibility index (Phi) is 4.69. The monoisotopic (exact) mass is 339 g/mol. The van der Waals surface area contributed by atoms with Crippen LogP contribution < -0.4 is 0 Å². The first-order valence-corrected chi connectivity index (χ1v) is 8.27. The summed E-state index contributed by atoms with van der Waals surface area (Å²) in [6.07, 6.45) is -0.149. The summed E-state index contributed by atoms with van der Waals surface area (Å²) < 4.78 is 27.7. The van der Waals surface area contributed by atoms with E-state index < -0.39 is 16.0 Å². The first-order valence-electron chi connectivity index (χ1n) is 6.83. The van der Waals surface area contributed by atoms with Crippen LogP contribution in [0.4, 0.5) is 0 Å². The second kappa shape index (κ2) is 6.37. The van der Waals surface area contributed by atoms with Gasteiger partial charge in [-0.25, -0.2) is 0 Å². The number of likely N-dealkylation sites (N-methyl/N-ethyl adjacent to an activating group) is 2. The summed E-state index contributed by atoms with van der Waals surface area (Å²) >= 11 is 0. The Balaban J connectivity index is 2.11. The van der Waals surface area contributed by atoms with Crippen molar-refractivity contribution in [2.45, 2.75) is 11.3 Å². The molecular formula is C14H17N3O5S. The largest absolute Gasteiger partial charge is 0.481 e. The first kappa shape index (κ1) is 16.9. The van der Waals surface area contributed by atoms with Gasteiger partial charge < -0.3 is 14.9 Å². The predicted octanol–water partition coefficient (Wildman–Crippen LogP) is 0.000400. The van der Waals surface area contributed by atoms with Crippen molar-refractivity contribution in [3.8, 4) is 0 Å². The molecule has 1 heterocycles. The lowest BCUT2D eigenvalue weighted by Crippen LogP contribution is -2.40. The number of fused-ring (bicyclic) bond motifs is 1. The molecule has 0 aromatic heterocycles. The smallest absolute Gasteiger partial charge is 0.305 e. The number of rotatable bonds is 5. The van der Waals surface area contributed by atoms with E-state index in [2.05, 4.69) is 4.40 Å². The van der Waals surface area contributed by atoms with Gasteiger partial charge in [0.25, 0.3) is 10.0 Å². The van der Waals surface area contributed by atoms with E-state index in [4.69, 9.17) is 5.11 Å². The van der Waals surface area contributed by atoms with E-state index in [9.17, 15) is 18.0 Å². The zero-order valence-corrected chi connectivity index (χ0v) is 13.6. The number of amides is 1. The van der Waals surface area contributed by atoms with Crippen LogP contribution in [0.25, 0.3) is 0 Å². The summed E-state index contributed by atoms with van der Waals surface area (Å²) in [4.78, 5) is 25.5. The molecule has 0 unspecified atom stereocenters. The standard InChI is InChI=1S/C14H17N3O5S/c1-16(8-7-13(19)20)12(18)9-17(2)14-10-5-3-4-6-11(10)23(21,22)15-14/h3-6H,7-9H2,1-2H3,(H,19,20). The maximum Gasteiger partial charge on any atom is 0.305 e. The summed E-state index contributed by atoms with van der Waals surface area (Å²) in [5, 5.41) is 8.63. The maximum atomic E-state index is 12.1. The minimum absolute atomic E-state index is 0.0867. The number of carboxylic acids is 1. The van der Waals surface area contributed by atoms with Crippen molar-refractivity contribution in [1.82, 2.24) is 9.80 Å². The van der Waals surface area contributed by atoms with Crippen molar-refractivity contribution >= 4 is 27.7 Å². The molecule has 0 fully saturated rings. The molecule has 0 radical (unpaired) electrons. The van der Waals surface area contributed by atoms with Crippen LogP contribution in [0.3, 0.4) is 0 Å². The molecular weight excluding hydrogens is 322 g/mol. The van der Waals surface area contributed by atoms with Crippen LogP contribution in [0.2, 0.25) is 0 Å². The van der Waals surface area contributed by atoms with E-state index in [-0.39, 0.29) is 36.1 Å². The van der Waals surface area contributed by atoms with Crippen LogP contribution >= 0.6 is 0 Å². The topological polar surface area (TPSA) is 107 Å². The van der Waals surface area contributed by atoms with Gasteiger partial charge in [0, 0.05) is 26.2 Å². The number of carbonyl (C=O) groups is 2. The normalized spacial score (nSPS) is 14.8. The Bertz CT molecular complexity index is 772.